The summed E-state index contributed by atoms with van der Waals surface area (Å²) in [5.74, 6) is -0.894. The van der Waals surface area contributed by atoms with Gasteiger partial charge in [-0.2, -0.15) is 8.75 Å². The summed E-state index contributed by atoms with van der Waals surface area (Å²) in [6.07, 6.45) is 3.50. The van der Waals surface area contributed by atoms with Gasteiger partial charge >= 0.3 is 5.97 Å². The smallest absolute Gasteiger partial charge is 0.356 e. The second-order valence-corrected chi connectivity index (χ2v) is 9.85. The van der Waals surface area contributed by atoms with Gasteiger partial charge in [-0.25, -0.2) is 9.78 Å². The number of aromatic nitrogens is 4. The van der Waals surface area contributed by atoms with Gasteiger partial charge in [0.1, 0.15) is 16.7 Å². The average molecular weight is 543 g/mol. The Morgan fingerprint density at radius 1 is 1.13 bits per heavy atom. The molecule has 0 aliphatic carbocycles. The molecule has 1 saturated heterocycles. The SMILES string of the molecule is COC(=O)c1c(NC(=O)c2ccccc2)c2cc(NCc3ccc4nsnc4c3)cnc2n1CC1CCCO1. The van der Waals surface area contributed by atoms with Gasteiger partial charge in [-0.15, -0.1) is 0 Å². The number of fused-ring (bicyclic) bond motifs is 2. The van der Waals surface area contributed by atoms with Crippen molar-refractivity contribution >= 4 is 57.0 Å². The first kappa shape index (κ1) is 25.0. The number of nitrogens with one attached hydrogen (secondary N) is 2. The molecule has 4 heterocycles. The van der Waals surface area contributed by atoms with Gasteiger partial charge in [-0.05, 0) is 48.7 Å². The normalized spacial score (nSPS) is 15.1. The van der Waals surface area contributed by atoms with Gasteiger partial charge < -0.3 is 24.7 Å². The highest BCUT2D eigenvalue weighted by Gasteiger charge is 2.29. The van der Waals surface area contributed by atoms with Crippen LogP contribution in [0.2, 0.25) is 0 Å². The number of pyridine rings is 1. The highest BCUT2D eigenvalue weighted by molar-refractivity contribution is 7.00. The van der Waals surface area contributed by atoms with Gasteiger partial charge in [-0.1, -0.05) is 24.3 Å². The van der Waals surface area contributed by atoms with Crippen LogP contribution in [-0.4, -0.2) is 50.0 Å². The summed E-state index contributed by atoms with van der Waals surface area (Å²) in [7, 11) is 1.33. The van der Waals surface area contributed by atoms with Crippen LogP contribution in [0.3, 0.4) is 0 Å². The van der Waals surface area contributed by atoms with Crippen molar-refractivity contribution in [3.8, 4) is 0 Å². The number of rotatable bonds is 8. The fourth-order valence-corrected chi connectivity index (χ4v) is 5.36. The molecule has 1 fully saturated rings. The van der Waals surface area contributed by atoms with Crippen LogP contribution in [0.4, 0.5) is 11.4 Å². The average Bonchev–Trinajstić information content (AvgIpc) is 3.72. The van der Waals surface area contributed by atoms with Crippen molar-refractivity contribution in [2.24, 2.45) is 0 Å². The minimum absolute atomic E-state index is 0.0589. The number of esters is 1. The van der Waals surface area contributed by atoms with Crippen molar-refractivity contribution in [2.75, 3.05) is 24.4 Å². The van der Waals surface area contributed by atoms with Crippen LogP contribution in [0.1, 0.15) is 39.3 Å². The molecule has 39 heavy (non-hydrogen) atoms. The number of nitrogens with zero attached hydrogens (tertiary/aromatic N) is 4. The van der Waals surface area contributed by atoms with E-state index in [-0.39, 0.29) is 17.7 Å². The molecule has 1 unspecified atom stereocenters. The molecule has 2 aromatic carbocycles. The van der Waals surface area contributed by atoms with Crippen molar-refractivity contribution in [2.45, 2.75) is 32.0 Å². The molecule has 0 radical (unpaired) electrons. The van der Waals surface area contributed by atoms with Gasteiger partial charge in [0.2, 0.25) is 0 Å². The molecule has 0 spiro atoms. The molecule has 0 saturated carbocycles. The van der Waals surface area contributed by atoms with Gasteiger partial charge in [0.25, 0.3) is 5.91 Å². The maximum atomic E-state index is 13.2. The molecule has 1 aliphatic heterocycles. The van der Waals surface area contributed by atoms with Crippen LogP contribution < -0.4 is 10.6 Å². The lowest BCUT2D eigenvalue weighted by atomic mass is 10.2. The number of anilines is 2. The van der Waals surface area contributed by atoms with E-state index in [0.717, 1.165) is 35.1 Å². The number of benzene rings is 2. The first-order chi connectivity index (χ1) is 19.1. The summed E-state index contributed by atoms with van der Waals surface area (Å²) in [5.41, 5.74) is 5.13. The first-order valence-electron chi connectivity index (χ1n) is 12.6. The predicted molar refractivity (Wildman–Crippen MR) is 149 cm³/mol. The summed E-state index contributed by atoms with van der Waals surface area (Å²) < 4.78 is 21.4. The van der Waals surface area contributed by atoms with Crippen LogP contribution in [0, 0.1) is 0 Å². The number of hydrogen-bond donors (Lipinski definition) is 2. The Morgan fingerprint density at radius 2 is 1.97 bits per heavy atom. The van der Waals surface area contributed by atoms with Crippen molar-refractivity contribution in [1.82, 2.24) is 18.3 Å². The summed E-state index contributed by atoms with van der Waals surface area (Å²) in [5, 5.41) is 6.99. The van der Waals surface area contributed by atoms with Crippen LogP contribution in [0.25, 0.3) is 22.1 Å². The Hall–Kier alpha value is -4.35. The Morgan fingerprint density at radius 3 is 2.77 bits per heavy atom. The fraction of sp³-hybridized carbons (Fsp3) is 0.250. The zero-order chi connectivity index (χ0) is 26.8. The Kier molecular flexibility index (Phi) is 6.91. The van der Waals surface area contributed by atoms with E-state index in [2.05, 4.69) is 19.4 Å². The van der Waals surface area contributed by atoms with Crippen molar-refractivity contribution in [1.29, 1.82) is 0 Å². The molecule has 1 aliphatic rings. The van der Waals surface area contributed by atoms with E-state index >= 15 is 0 Å². The largest absolute Gasteiger partial charge is 0.464 e. The zero-order valence-corrected chi connectivity index (χ0v) is 22.0. The van der Waals surface area contributed by atoms with Gasteiger partial charge in [0.15, 0.2) is 5.69 Å². The van der Waals surface area contributed by atoms with E-state index in [1.54, 1.807) is 35.0 Å². The molecule has 198 valence electrons. The lowest BCUT2D eigenvalue weighted by Crippen LogP contribution is -2.21. The molecule has 1 atom stereocenters. The first-order valence-corrected chi connectivity index (χ1v) is 13.4. The molecular formula is C28H26N6O4S. The molecular weight excluding hydrogens is 516 g/mol. The zero-order valence-electron chi connectivity index (χ0n) is 21.2. The van der Waals surface area contributed by atoms with Crippen molar-refractivity contribution < 1.29 is 19.1 Å². The number of carbonyl (C=O) groups excluding carboxylic acids is 2. The van der Waals surface area contributed by atoms with Gasteiger partial charge in [0, 0.05) is 24.1 Å². The van der Waals surface area contributed by atoms with Crippen LogP contribution in [0.5, 0.6) is 0 Å². The van der Waals surface area contributed by atoms with E-state index in [1.807, 2.05) is 30.3 Å². The fourth-order valence-electron chi connectivity index (χ4n) is 4.84. The quantitative estimate of drug-likeness (QED) is 0.267. The van der Waals surface area contributed by atoms with Crippen LogP contribution in [-0.2, 0) is 22.6 Å². The standard InChI is InChI=1S/C28H26N6O4S/c1-37-28(36)25-24(31-27(35)18-6-3-2-4-7-18)21-13-19(15-30-26(21)34(25)16-20-8-5-11-38-20)29-14-17-9-10-22-23(12-17)33-39-32-22/h2-4,6-7,9-10,12-13,15,20,29H,5,8,11,14,16H2,1H3,(H,31,35). The number of hydrogen-bond acceptors (Lipinski definition) is 9. The van der Waals surface area contributed by atoms with E-state index < -0.39 is 5.97 Å². The lowest BCUT2D eigenvalue weighted by molar-refractivity contribution is 0.0580. The third-order valence-electron chi connectivity index (χ3n) is 6.78. The minimum Gasteiger partial charge on any atom is -0.464 e. The monoisotopic (exact) mass is 542 g/mol. The molecule has 0 bridgehead atoms. The molecule has 10 nitrogen and oxygen atoms in total. The third kappa shape index (κ3) is 5.06. The van der Waals surface area contributed by atoms with E-state index in [4.69, 9.17) is 14.5 Å². The molecule has 6 rings (SSSR count). The summed E-state index contributed by atoms with van der Waals surface area (Å²) in [4.78, 5) is 31.0. The highest BCUT2D eigenvalue weighted by Crippen LogP contribution is 2.34. The number of ether oxygens (including phenoxy) is 2. The van der Waals surface area contributed by atoms with E-state index in [1.165, 1.54) is 18.8 Å². The highest BCUT2D eigenvalue weighted by atomic mass is 32.1. The maximum absolute atomic E-state index is 13.2. The Balaban J connectivity index is 1.39. The van der Waals surface area contributed by atoms with Gasteiger partial charge in [-0.3, -0.25) is 4.79 Å². The molecule has 11 heteroatoms. The van der Waals surface area contributed by atoms with Crippen LogP contribution >= 0.6 is 11.7 Å². The summed E-state index contributed by atoms with van der Waals surface area (Å²) in [6, 6.07) is 16.7. The second kappa shape index (κ2) is 10.8. The number of carbonyl (C=O) groups is 2. The van der Waals surface area contributed by atoms with Gasteiger partial charge in [0.05, 0.1) is 49.1 Å². The Labute approximate surface area is 228 Å². The molecule has 5 aromatic rings. The molecule has 3 aromatic heterocycles. The molecule has 1 amide bonds. The van der Waals surface area contributed by atoms with E-state index in [0.29, 0.717) is 42.0 Å². The predicted octanol–water partition coefficient (Wildman–Crippen LogP) is 4.87. The topological polar surface area (TPSA) is 120 Å². The number of amides is 1. The Bertz CT molecular complexity index is 1660. The molecule has 2 N–H and O–H groups in total. The van der Waals surface area contributed by atoms with Crippen LogP contribution in [0.15, 0.2) is 60.8 Å². The summed E-state index contributed by atoms with van der Waals surface area (Å²) >= 11 is 1.19. The second-order valence-electron chi connectivity index (χ2n) is 9.32. The summed E-state index contributed by atoms with van der Waals surface area (Å²) in [6.45, 7) is 1.63. The van der Waals surface area contributed by atoms with Crippen molar-refractivity contribution in [3.63, 3.8) is 0 Å². The number of methoxy groups -OCH3 is 1. The lowest BCUT2D eigenvalue weighted by Gasteiger charge is -2.14. The van der Waals surface area contributed by atoms with E-state index in [9.17, 15) is 9.59 Å². The minimum atomic E-state index is -0.561. The third-order valence-corrected chi connectivity index (χ3v) is 7.33. The maximum Gasteiger partial charge on any atom is 0.356 e. The van der Waals surface area contributed by atoms with Crippen molar-refractivity contribution in [3.05, 3.63) is 77.6 Å².